The van der Waals surface area contributed by atoms with Gasteiger partial charge < -0.3 is 14.6 Å². The van der Waals surface area contributed by atoms with Gasteiger partial charge in [-0.1, -0.05) is 97.9 Å². The number of rotatable bonds is 14. The summed E-state index contributed by atoms with van der Waals surface area (Å²) < 4.78 is 40.5. The molecule has 1 aliphatic heterocycles. The third-order valence-electron chi connectivity index (χ3n) is 8.06. The summed E-state index contributed by atoms with van der Waals surface area (Å²) in [6.07, 6.45) is 0.169. The topological polar surface area (TPSA) is 79.3 Å². The quantitative estimate of drug-likeness (QED) is 0.195. The zero-order valence-electron chi connectivity index (χ0n) is 24.7. The first-order valence-electron chi connectivity index (χ1n) is 14.8. The van der Waals surface area contributed by atoms with E-state index in [1.807, 2.05) is 68.4 Å². The molecule has 0 aromatic heterocycles. The highest BCUT2D eigenvalue weighted by atomic mass is 32.2. The first kappa shape index (κ1) is 30.8. The number of nitrogens with zero attached hydrogens (tertiary/aromatic N) is 2. The van der Waals surface area contributed by atoms with E-state index >= 15 is 0 Å². The summed E-state index contributed by atoms with van der Waals surface area (Å²) in [6.45, 7) is 5.05. The SMILES string of the molecule is CCC(C)N(C[C@@H](O)[C@H](Cc1ccccc1)N(Cc1ccccc1)Cc1ccccc1)S(=O)(=O)c1ccc2c(c1)OCO2. The summed E-state index contributed by atoms with van der Waals surface area (Å²) in [5, 5.41) is 12.1. The number of hydrogen-bond acceptors (Lipinski definition) is 6. The highest BCUT2D eigenvalue weighted by molar-refractivity contribution is 7.89. The first-order chi connectivity index (χ1) is 20.8. The maximum absolute atomic E-state index is 14.1. The fraction of sp³-hybridized carbons (Fsp3) is 0.314. The molecular formula is C35H40N2O5S. The number of aliphatic hydroxyl groups excluding tert-OH is 1. The lowest BCUT2D eigenvalue weighted by Crippen LogP contribution is -2.52. The molecule has 3 atom stereocenters. The Hall–Kier alpha value is -3.69. The van der Waals surface area contributed by atoms with Crippen LogP contribution in [0.1, 0.15) is 37.0 Å². The van der Waals surface area contributed by atoms with Crippen molar-refractivity contribution >= 4 is 10.0 Å². The number of ether oxygens (including phenoxy) is 2. The Kier molecular flexibility index (Phi) is 10.1. The van der Waals surface area contributed by atoms with E-state index in [1.54, 1.807) is 12.1 Å². The van der Waals surface area contributed by atoms with Crippen molar-refractivity contribution in [1.29, 1.82) is 0 Å². The molecule has 0 saturated carbocycles. The van der Waals surface area contributed by atoms with E-state index in [4.69, 9.17) is 9.47 Å². The van der Waals surface area contributed by atoms with Gasteiger partial charge in [0.15, 0.2) is 11.5 Å². The lowest BCUT2D eigenvalue weighted by atomic mass is 9.97. The van der Waals surface area contributed by atoms with E-state index in [-0.39, 0.29) is 30.3 Å². The van der Waals surface area contributed by atoms with Gasteiger partial charge in [-0.2, -0.15) is 4.31 Å². The molecule has 43 heavy (non-hydrogen) atoms. The molecule has 0 bridgehead atoms. The van der Waals surface area contributed by atoms with Crippen LogP contribution in [0.5, 0.6) is 11.5 Å². The second-order valence-corrected chi connectivity index (χ2v) is 12.9. The zero-order valence-corrected chi connectivity index (χ0v) is 25.6. The van der Waals surface area contributed by atoms with Crippen LogP contribution >= 0.6 is 0 Å². The van der Waals surface area contributed by atoms with Gasteiger partial charge in [0, 0.05) is 37.8 Å². The Morgan fingerprint density at radius 3 is 1.86 bits per heavy atom. The Morgan fingerprint density at radius 2 is 1.30 bits per heavy atom. The van der Waals surface area contributed by atoms with Crippen molar-refractivity contribution in [2.45, 2.75) is 62.9 Å². The maximum Gasteiger partial charge on any atom is 0.243 e. The van der Waals surface area contributed by atoms with Crippen LogP contribution in [0.3, 0.4) is 0 Å². The molecular weight excluding hydrogens is 560 g/mol. The second kappa shape index (κ2) is 14.2. The molecule has 0 fully saturated rings. The summed E-state index contributed by atoms with van der Waals surface area (Å²) in [7, 11) is -3.96. The van der Waals surface area contributed by atoms with Crippen molar-refractivity contribution in [3.63, 3.8) is 0 Å². The van der Waals surface area contributed by atoms with Crippen molar-refractivity contribution in [3.8, 4) is 11.5 Å². The van der Waals surface area contributed by atoms with Crippen molar-refractivity contribution in [2.24, 2.45) is 0 Å². The van der Waals surface area contributed by atoms with Crippen molar-refractivity contribution in [2.75, 3.05) is 13.3 Å². The maximum atomic E-state index is 14.1. The molecule has 0 aliphatic carbocycles. The standard InChI is InChI=1S/C35H40N2O5S/c1-3-27(2)37(43(39,40)31-19-20-34-35(22-31)42-26-41-34)25-33(38)32(21-28-13-7-4-8-14-28)36(23-29-15-9-5-10-16-29)24-30-17-11-6-12-18-30/h4-20,22,27,32-33,38H,3,21,23-26H2,1-2H3/t27?,32-,33+/m0/s1. The van der Waals surface area contributed by atoms with Crippen LogP contribution in [0.25, 0.3) is 0 Å². The van der Waals surface area contributed by atoms with E-state index in [0.29, 0.717) is 37.4 Å². The Balaban J connectivity index is 1.50. The lowest BCUT2D eigenvalue weighted by Gasteiger charge is -2.38. The van der Waals surface area contributed by atoms with Gasteiger partial charge in [0.2, 0.25) is 16.8 Å². The van der Waals surface area contributed by atoms with Crippen LogP contribution in [-0.4, -0.2) is 54.3 Å². The Labute approximate surface area is 255 Å². The smallest absolute Gasteiger partial charge is 0.243 e. The highest BCUT2D eigenvalue weighted by Gasteiger charge is 2.35. The van der Waals surface area contributed by atoms with Crippen LogP contribution in [0.4, 0.5) is 0 Å². The molecule has 0 saturated heterocycles. The first-order valence-corrected chi connectivity index (χ1v) is 16.2. The molecule has 4 aromatic carbocycles. The lowest BCUT2D eigenvalue weighted by molar-refractivity contribution is 0.0243. The predicted molar refractivity (Wildman–Crippen MR) is 168 cm³/mol. The van der Waals surface area contributed by atoms with Gasteiger partial charge in [0.1, 0.15) is 0 Å². The summed E-state index contributed by atoms with van der Waals surface area (Å²) in [5.74, 6) is 0.930. The molecule has 1 heterocycles. The minimum absolute atomic E-state index is 0.0522. The molecule has 1 N–H and O–H groups in total. The van der Waals surface area contributed by atoms with Gasteiger partial charge in [0.25, 0.3) is 0 Å². The van der Waals surface area contributed by atoms with Crippen LogP contribution < -0.4 is 9.47 Å². The van der Waals surface area contributed by atoms with Crippen LogP contribution in [0.15, 0.2) is 114 Å². The third-order valence-corrected chi connectivity index (χ3v) is 10.0. The van der Waals surface area contributed by atoms with E-state index in [1.165, 1.54) is 10.4 Å². The van der Waals surface area contributed by atoms with E-state index in [9.17, 15) is 13.5 Å². The number of hydrogen-bond donors (Lipinski definition) is 1. The average Bonchev–Trinajstić information content (AvgIpc) is 3.51. The Morgan fingerprint density at radius 1 is 0.767 bits per heavy atom. The number of sulfonamides is 1. The van der Waals surface area contributed by atoms with E-state index in [0.717, 1.165) is 16.7 Å². The van der Waals surface area contributed by atoms with Crippen LogP contribution in [0, 0.1) is 0 Å². The average molecular weight is 601 g/mol. The Bertz CT molecular complexity index is 1510. The molecule has 226 valence electrons. The van der Waals surface area contributed by atoms with Gasteiger partial charge in [-0.25, -0.2) is 8.42 Å². The predicted octanol–water partition coefficient (Wildman–Crippen LogP) is 5.88. The fourth-order valence-electron chi connectivity index (χ4n) is 5.49. The number of fused-ring (bicyclic) bond motifs is 1. The minimum atomic E-state index is -3.96. The van der Waals surface area contributed by atoms with Gasteiger partial charge in [0.05, 0.1) is 11.0 Å². The van der Waals surface area contributed by atoms with Crippen LogP contribution in [0.2, 0.25) is 0 Å². The van der Waals surface area contributed by atoms with Gasteiger partial charge in [-0.3, -0.25) is 4.90 Å². The molecule has 7 nitrogen and oxygen atoms in total. The molecule has 0 radical (unpaired) electrons. The van der Waals surface area contributed by atoms with Gasteiger partial charge in [-0.05, 0) is 48.6 Å². The third kappa shape index (κ3) is 7.64. The van der Waals surface area contributed by atoms with Gasteiger partial charge in [-0.15, -0.1) is 0 Å². The normalized spacial score (nSPS) is 15.0. The fourth-order valence-corrected chi connectivity index (χ4v) is 7.23. The molecule has 0 spiro atoms. The zero-order chi connectivity index (χ0) is 30.2. The summed E-state index contributed by atoms with van der Waals surface area (Å²) >= 11 is 0. The van der Waals surface area contributed by atoms with Crippen molar-refractivity contribution in [1.82, 2.24) is 9.21 Å². The molecule has 0 amide bonds. The largest absolute Gasteiger partial charge is 0.454 e. The molecule has 4 aromatic rings. The second-order valence-electron chi connectivity index (χ2n) is 11.0. The molecule has 1 aliphatic rings. The van der Waals surface area contributed by atoms with Crippen molar-refractivity contribution in [3.05, 3.63) is 126 Å². The number of aliphatic hydroxyl groups is 1. The summed E-state index contributed by atoms with van der Waals surface area (Å²) in [5.41, 5.74) is 3.32. The van der Waals surface area contributed by atoms with Crippen molar-refractivity contribution < 1.29 is 23.0 Å². The molecule has 5 rings (SSSR count). The number of benzene rings is 4. The monoisotopic (exact) mass is 600 g/mol. The van der Waals surface area contributed by atoms with Gasteiger partial charge >= 0.3 is 0 Å². The van der Waals surface area contributed by atoms with E-state index < -0.39 is 16.1 Å². The minimum Gasteiger partial charge on any atom is -0.454 e. The molecule has 8 heteroatoms. The highest BCUT2D eigenvalue weighted by Crippen LogP contribution is 2.35. The summed E-state index contributed by atoms with van der Waals surface area (Å²) in [4.78, 5) is 2.39. The summed E-state index contributed by atoms with van der Waals surface area (Å²) in [6, 6.07) is 34.4. The van der Waals surface area contributed by atoms with E-state index in [2.05, 4.69) is 41.3 Å². The molecule has 1 unspecified atom stereocenters. The van der Waals surface area contributed by atoms with Crippen LogP contribution in [-0.2, 0) is 29.5 Å².